The summed E-state index contributed by atoms with van der Waals surface area (Å²) in [4.78, 5) is 31.5. The molecule has 34 heavy (non-hydrogen) atoms. The van der Waals surface area contributed by atoms with Gasteiger partial charge in [-0.3, -0.25) is 14.5 Å². The van der Waals surface area contributed by atoms with Gasteiger partial charge in [-0.2, -0.15) is 0 Å². The summed E-state index contributed by atoms with van der Waals surface area (Å²) in [6.45, 7) is 2.69. The van der Waals surface area contributed by atoms with Gasteiger partial charge in [0.1, 0.15) is 12.6 Å². The lowest BCUT2D eigenvalue weighted by atomic mass is 9.97. The molecule has 4 aromatic rings. The second-order valence-electron chi connectivity index (χ2n) is 8.43. The van der Waals surface area contributed by atoms with Gasteiger partial charge >= 0.3 is 0 Å². The predicted molar refractivity (Wildman–Crippen MR) is 137 cm³/mol. The van der Waals surface area contributed by atoms with Gasteiger partial charge in [-0.25, -0.2) is 0 Å². The first-order valence-electron chi connectivity index (χ1n) is 11.7. The summed E-state index contributed by atoms with van der Waals surface area (Å²) in [7, 11) is 0. The van der Waals surface area contributed by atoms with Crippen molar-refractivity contribution >= 4 is 28.8 Å². The van der Waals surface area contributed by atoms with E-state index in [4.69, 9.17) is 0 Å². The number of amides is 2. The van der Waals surface area contributed by atoms with Gasteiger partial charge in [-0.05, 0) is 47.7 Å². The summed E-state index contributed by atoms with van der Waals surface area (Å²) in [5, 5.41) is 1.90. The van der Waals surface area contributed by atoms with Gasteiger partial charge in [-0.1, -0.05) is 61.9 Å². The Balaban J connectivity index is 1.55. The third kappa shape index (κ3) is 4.05. The molecule has 3 heterocycles. The Labute approximate surface area is 203 Å². The van der Waals surface area contributed by atoms with E-state index < -0.39 is 0 Å². The van der Waals surface area contributed by atoms with Crippen LogP contribution in [0.2, 0.25) is 0 Å². The summed E-state index contributed by atoms with van der Waals surface area (Å²) in [5.74, 6) is -0.170. The summed E-state index contributed by atoms with van der Waals surface area (Å²) in [5.41, 5.74) is 3.88. The molecular formula is C28H27N3O2S. The first-order valence-corrected chi connectivity index (χ1v) is 12.5. The van der Waals surface area contributed by atoms with Crippen LogP contribution in [0.3, 0.4) is 0 Å². The van der Waals surface area contributed by atoms with Crippen LogP contribution in [0.5, 0.6) is 0 Å². The molecule has 1 atom stereocenters. The normalized spacial score (nSPS) is 14.4. The number of thiophene rings is 1. The van der Waals surface area contributed by atoms with Gasteiger partial charge in [0, 0.05) is 12.7 Å². The van der Waals surface area contributed by atoms with E-state index in [2.05, 4.69) is 29.7 Å². The highest BCUT2D eigenvalue weighted by atomic mass is 32.1. The minimum Gasteiger partial charge on any atom is -0.329 e. The molecule has 2 amide bonds. The molecule has 0 aliphatic carbocycles. The highest BCUT2D eigenvalue weighted by Gasteiger charge is 2.36. The molecule has 1 aliphatic rings. The fourth-order valence-electron chi connectivity index (χ4n) is 4.61. The van der Waals surface area contributed by atoms with Crippen LogP contribution in [0.25, 0.3) is 5.69 Å². The van der Waals surface area contributed by atoms with Crippen molar-refractivity contribution in [2.45, 2.75) is 25.8 Å². The Hall–Kier alpha value is -3.64. The number of aromatic nitrogens is 1. The molecule has 0 saturated carbocycles. The number of para-hydroxylation sites is 2. The SMILES string of the molecule is CCCCN(CC(=O)N1c2ccccc2-n2cccc2C1c1ccccc1)C(=O)c1cccs1. The molecule has 1 aliphatic heterocycles. The third-order valence-electron chi connectivity index (χ3n) is 6.23. The highest BCUT2D eigenvalue weighted by Crippen LogP contribution is 2.42. The van der Waals surface area contributed by atoms with Crippen molar-refractivity contribution < 1.29 is 9.59 Å². The zero-order valence-electron chi connectivity index (χ0n) is 19.1. The maximum Gasteiger partial charge on any atom is 0.264 e. The number of carbonyl (C=O) groups is 2. The molecule has 0 spiro atoms. The van der Waals surface area contributed by atoms with E-state index in [1.165, 1.54) is 11.3 Å². The van der Waals surface area contributed by atoms with Crippen molar-refractivity contribution in [3.8, 4) is 5.69 Å². The van der Waals surface area contributed by atoms with Crippen molar-refractivity contribution in [3.05, 3.63) is 107 Å². The summed E-state index contributed by atoms with van der Waals surface area (Å²) in [6.07, 6.45) is 3.85. The fraction of sp³-hybridized carbons (Fsp3) is 0.214. The predicted octanol–water partition coefficient (Wildman–Crippen LogP) is 5.92. The van der Waals surface area contributed by atoms with Crippen molar-refractivity contribution in [2.24, 2.45) is 0 Å². The van der Waals surface area contributed by atoms with Gasteiger partial charge in [0.2, 0.25) is 5.91 Å². The largest absolute Gasteiger partial charge is 0.329 e. The summed E-state index contributed by atoms with van der Waals surface area (Å²) >= 11 is 1.41. The standard InChI is InChI=1S/C28H27N3O2S/c1-2-3-17-29(28(33)25-16-10-19-34-25)20-26(32)31-23-14-8-7-13-22(23)30-18-9-15-24(30)27(31)21-11-5-4-6-12-21/h4-16,18-19,27H,2-3,17,20H2,1H3. The number of hydrogen-bond donors (Lipinski definition) is 0. The minimum atomic E-state index is -0.275. The van der Waals surface area contributed by atoms with E-state index in [9.17, 15) is 9.59 Å². The van der Waals surface area contributed by atoms with Gasteiger partial charge in [0.05, 0.1) is 21.9 Å². The molecule has 172 valence electrons. The van der Waals surface area contributed by atoms with Crippen LogP contribution < -0.4 is 4.90 Å². The summed E-state index contributed by atoms with van der Waals surface area (Å²) < 4.78 is 2.16. The molecule has 1 unspecified atom stereocenters. The molecule has 0 saturated heterocycles. The smallest absolute Gasteiger partial charge is 0.264 e. The van der Waals surface area contributed by atoms with Crippen LogP contribution >= 0.6 is 11.3 Å². The van der Waals surface area contributed by atoms with E-state index in [1.807, 2.05) is 77.1 Å². The summed E-state index contributed by atoms with van der Waals surface area (Å²) in [6, 6.07) is 25.6. The Morgan fingerprint density at radius 2 is 1.68 bits per heavy atom. The van der Waals surface area contributed by atoms with Gasteiger partial charge < -0.3 is 9.47 Å². The topological polar surface area (TPSA) is 45.6 Å². The molecule has 0 bridgehead atoms. The maximum absolute atomic E-state index is 14.1. The lowest BCUT2D eigenvalue weighted by Crippen LogP contribution is -2.47. The quantitative estimate of drug-likeness (QED) is 0.337. The minimum absolute atomic E-state index is 0.0368. The van der Waals surface area contributed by atoms with Crippen LogP contribution in [-0.4, -0.2) is 34.4 Å². The zero-order chi connectivity index (χ0) is 23.5. The van der Waals surface area contributed by atoms with Crippen LogP contribution in [-0.2, 0) is 4.79 Å². The number of anilines is 1. The van der Waals surface area contributed by atoms with E-state index in [-0.39, 0.29) is 24.4 Å². The molecule has 0 radical (unpaired) electrons. The molecule has 2 aromatic carbocycles. The van der Waals surface area contributed by atoms with Crippen LogP contribution in [0.1, 0.15) is 46.7 Å². The second kappa shape index (κ2) is 9.69. The third-order valence-corrected chi connectivity index (χ3v) is 7.09. The van der Waals surface area contributed by atoms with E-state index in [0.717, 1.165) is 35.5 Å². The first-order chi connectivity index (χ1) is 16.7. The van der Waals surface area contributed by atoms with Crippen molar-refractivity contribution in [2.75, 3.05) is 18.0 Å². The monoisotopic (exact) mass is 469 g/mol. The van der Waals surface area contributed by atoms with Crippen molar-refractivity contribution in [3.63, 3.8) is 0 Å². The Bertz CT molecular complexity index is 1280. The van der Waals surface area contributed by atoms with Crippen molar-refractivity contribution in [1.82, 2.24) is 9.47 Å². The van der Waals surface area contributed by atoms with E-state index >= 15 is 0 Å². The molecule has 5 nitrogen and oxygen atoms in total. The molecule has 5 rings (SSSR count). The van der Waals surface area contributed by atoms with Crippen LogP contribution in [0.4, 0.5) is 5.69 Å². The van der Waals surface area contributed by atoms with E-state index in [1.54, 1.807) is 4.90 Å². The van der Waals surface area contributed by atoms with Crippen LogP contribution in [0.15, 0.2) is 90.4 Å². The maximum atomic E-state index is 14.1. The Morgan fingerprint density at radius 3 is 2.41 bits per heavy atom. The fourth-order valence-corrected chi connectivity index (χ4v) is 5.30. The van der Waals surface area contributed by atoms with Gasteiger partial charge in [-0.15, -0.1) is 11.3 Å². The molecule has 2 aromatic heterocycles. The number of nitrogens with zero attached hydrogens (tertiary/aromatic N) is 3. The van der Waals surface area contributed by atoms with E-state index in [0.29, 0.717) is 11.4 Å². The van der Waals surface area contributed by atoms with Gasteiger partial charge in [0.25, 0.3) is 5.91 Å². The lowest BCUT2D eigenvalue weighted by molar-refractivity contribution is -0.119. The van der Waals surface area contributed by atoms with Crippen molar-refractivity contribution in [1.29, 1.82) is 0 Å². The Morgan fingerprint density at radius 1 is 0.912 bits per heavy atom. The second-order valence-corrected chi connectivity index (χ2v) is 9.37. The number of fused-ring (bicyclic) bond motifs is 3. The number of rotatable bonds is 7. The molecule has 6 heteroatoms. The zero-order valence-corrected chi connectivity index (χ0v) is 19.9. The molecular weight excluding hydrogens is 442 g/mol. The average Bonchev–Trinajstić information content (AvgIpc) is 3.58. The number of unbranched alkanes of at least 4 members (excludes halogenated alkanes) is 1. The Kier molecular flexibility index (Phi) is 6.32. The van der Waals surface area contributed by atoms with Gasteiger partial charge in [0.15, 0.2) is 0 Å². The molecule has 0 N–H and O–H groups in total. The number of benzene rings is 2. The number of carbonyl (C=O) groups excluding carboxylic acids is 2. The highest BCUT2D eigenvalue weighted by molar-refractivity contribution is 7.12. The molecule has 0 fully saturated rings. The number of hydrogen-bond acceptors (Lipinski definition) is 3. The van der Waals surface area contributed by atoms with Crippen LogP contribution in [0, 0.1) is 0 Å². The first kappa shape index (κ1) is 22.2. The lowest BCUT2D eigenvalue weighted by Gasteiger charge is -2.39. The average molecular weight is 470 g/mol.